The maximum Gasteiger partial charge on any atom is 0.238 e. The third kappa shape index (κ3) is 3.37. The molecule has 20 heavy (non-hydrogen) atoms. The van der Waals surface area contributed by atoms with Crippen LogP contribution in [0.25, 0.3) is 0 Å². The number of carbonyl (C=O) groups excluding carboxylic acids is 1. The smallest absolute Gasteiger partial charge is 0.238 e. The van der Waals surface area contributed by atoms with Crippen molar-refractivity contribution in [2.75, 3.05) is 6.54 Å². The summed E-state index contributed by atoms with van der Waals surface area (Å²) in [6, 6.07) is 6.66. The molecule has 110 valence electrons. The summed E-state index contributed by atoms with van der Waals surface area (Å²) in [5.74, 6) is -0.162. The summed E-state index contributed by atoms with van der Waals surface area (Å²) in [6.07, 6.45) is 4.27. The number of hydrogen-bond acceptors (Lipinski definition) is 2. The molecule has 1 heterocycles. The number of carbonyl (C=O) groups is 1. The minimum atomic E-state index is -0.262. The van der Waals surface area contributed by atoms with Crippen molar-refractivity contribution in [3.63, 3.8) is 0 Å². The average Bonchev–Trinajstić information content (AvgIpc) is 2.81. The van der Waals surface area contributed by atoms with Gasteiger partial charge in [0.2, 0.25) is 5.91 Å². The maximum atomic E-state index is 13.4. The van der Waals surface area contributed by atoms with E-state index >= 15 is 0 Å². The first-order valence-corrected chi connectivity index (χ1v) is 7.43. The number of amides is 1. The SMILES string of the molecule is CCCCCC(C)N1C(=O)CNC1c1cccc(F)c1. The van der Waals surface area contributed by atoms with E-state index in [0.29, 0.717) is 6.54 Å². The number of unbranched alkanes of at least 4 members (excludes halogenated alkanes) is 2. The Hall–Kier alpha value is -1.42. The summed E-state index contributed by atoms with van der Waals surface area (Å²) in [5.41, 5.74) is 0.818. The molecule has 0 radical (unpaired) electrons. The minimum Gasteiger partial charge on any atom is -0.319 e. The van der Waals surface area contributed by atoms with Crippen LogP contribution < -0.4 is 5.32 Å². The zero-order valence-electron chi connectivity index (χ0n) is 12.2. The third-order valence-electron chi connectivity index (χ3n) is 3.88. The highest BCUT2D eigenvalue weighted by Gasteiger charge is 2.34. The van der Waals surface area contributed by atoms with Gasteiger partial charge in [-0.25, -0.2) is 4.39 Å². The van der Waals surface area contributed by atoms with Crippen LogP contribution in [0.2, 0.25) is 0 Å². The van der Waals surface area contributed by atoms with Gasteiger partial charge in [0.15, 0.2) is 0 Å². The van der Waals surface area contributed by atoms with Crippen molar-refractivity contribution in [3.05, 3.63) is 35.6 Å². The second-order valence-corrected chi connectivity index (χ2v) is 5.48. The standard InChI is InChI=1S/C16H23FN2O/c1-3-4-5-7-12(2)19-15(20)11-18-16(19)13-8-6-9-14(17)10-13/h6,8-10,12,16,18H,3-5,7,11H2,1-2H3. The van der Waals surface area contributed by atoms with Crippen molar-refractivity contribution in [2.45, 2.75) is 51.7 Å². The fourth-order valence-corrected chi connectivity index (χ4v) is 2.80. The largest absolute Gasteiger partial charge is 0.319 e. The molecule has 0 spiro atoms. The van der Waals surface area contributed by atoms with Crippen molar-refractivity contribution >= 4 is 5.91 Å². The van der Waals surface area contributed by atoms with E-state index in [4.69, 9.17) is 0 Å². The number of nitrogens with zero attached hydrogens (tertiary/aromatic N) is 1. The van der Waals surface area contributed by atoms with Crippen molar-refractivity contribution in [1.82, 2.24) is 10.2 Å². The van der Waals surface area contributed by atoms with Crippen LogP contribution in [-0.4, -0.2) is 23.4 Å². The first kappa shape index (κ1) is 15.0. The molecule has 2 atom stereocenters. The van der Waals surface area contributed by atoms with E-state index in [0.717, 1.165) is 18.4 Å². The van der Waals surface area contributed by atoms with Gasteiger partial charge in [0.1, 0.15) is 12.0 Å². The second kappa shape index (κ2) is 6.84. The molecule has 1 saturated heterocycles. The predicted molar refractivity (Wildman–Crippen MR) is 77.6 cm³/mol. The van der Waals surface area contributed by atoms with Gasteiger partial charge < -0.3 is 4.90 Å². The predicted octanol–water partition coefficient (Wildman–Crippen LogP) is 3.22. The fourth-order valence-electron chi connectivity index (χ4n) is 2.80. The van der Waals surface area contributed by atoms with Crippen LogP contribution >= 0.6 is 0 Å². The van der Waals surface area contributed by atoms with Crippen LogP contribution in [-0.2, 0) is 4.79 Å². The van der Waals surface area contributed by atoms with Gasteiger partial charge in [0, 0.05) is 6.04 Å². The fraction of sp³-hybridized carbons (Fsp3) is 0.562. The van der Waals surface area contributed by atoms with E-state index in [1.165, 1.54) is 25.0 Å². The summed E-state index contributed by atoms with van der Waals surface area (Å²) in [4.78, 5) is 14.0. The highest BCUT2D eigenvalue weighted by Crippen LogP contribution is 2.27. The first-order valence-electron chi connectivity index (χ1n) is 7.43. The molecule has 1 fully saturated rings. The highest BCUT2D eigenvalue weighted by atomic mass is 19.1. The van der Waals surface area contributed by atoms with E-state index in [1.807, 2.05) is 11.0 Å². The lowest BCUT2D eigenvalue weighted by Crippen LogP contribution is -2.37. The Bertz CT molecular complexity index is 464. The first-order chi connectivity index (χ1) is 9.63. The molecule has 4 heteroatoms. The summed E-state index contributed by atoms with van der Waals surface area (Å²) >= 11 is 0. The molecular weight excluding hydrogens is 255 g/mol. The zero-order valence-corrected chi connectivity index (χ0v) is 12.2. The van der Waals surface area contributed by atoms with E-state index in [9.17, 15) is 9.18 Å². The Morgan fingerprint density at radius 3 is 2.95 bits per heavy atom. The highest BCUT2D eigenvalue weighted by molar-refractivity contribution is 5.81. The van der Waals surface area contributed by atoms with Crippen molar-refractivity contribution in [3.8, 4) is 0 Å². The Labute approximate surface area is 120 Å². The van der Waals surface area contributed by atoms with Gasteiger partial charge >= 0.3 is 0 Å². The Morgan fingerprint density at radius 2 is 2.25 bits per heavy atom. The lowest BCUT2D eigenvalue weighted by Gasteiger charge is -2.31. The molecule has 0 saturated carbocycles. The third-order valence-corrected chi connectivity index (χ3v) is 3.88. The van der Waals surface area contributed by atoms with Gasteiger partial charge in [-0.1, -0.05) is 38.3 Å². The molecule has 2 unspecified atom stereocenters. The molecule has 1 N–H and O–H groups in total. The number of halogens is 1. The molecule has 2 rings (SSSR count). The number of rotatable bonds is 6. The molecule has 1 aliphatic heterocycles. The van der Waals surface area contributed by atoms with Crippen LogP contribution in [0.5, 0.6) is 0 Å². The Morgan fingerprint density at radius 1 is 1.45 bits per heavy atom. The molecule has 0 aromatic heterocycles. The van der Waals surface area contributed by atoms with E-state index in [2.05, 4.69) is 19.2 Å². The van der Waals surface area contributed by atoms with E-state index < -0.39 is 0 Å². The number of nitrogens with one attached hydrogen (secondary N) is 1. The van der Waals surface area contributed by atoms with Gasteiger partial charge in [-0.3, -0.25) is 10.1 Å². The van der Waals surface area contributed by atoms with Gasteiger partial charge in [-0.15, -0.1) is 0 Å². The van der Waals surface area contributed by atoms with Gasteiger partial charge in [0.05, 0.1) is 6.54 Å². The van der Waals surface area contributed by atoms with E-state index in [1.54, 1.807) is 6.07 Å². The number of benzene rings is 1. The second-order valence-electron chi connectivity index (χ2n) is 5.48. The molecule has 1 aromatic rings. The van der Waals surface area contributed by atoms with Crippen molar-refractivity contribution in [2.24, 2.45) is 0 Å². The van der Waals surface area contributed by atoms with E-state index in [-0.39, 0.29) is 23.9 Å². The summed E-state index contributed by atoms with van der Waals surface area (Å²) in [6.45, 7) is 4.58. The molecule has 1 aliphatic rings. The molecule has 0 bridgehead atoms. The molecule has 1 aromatic carbocycles. The Kier molecular flexibility index (Phi) is 5.12. The van der Waals surface area contributed by atoms with Gasteiger partial charge in [0.25, 0.3) is 0 Å². The summed E-state index contributed by atoms with van der Waals surface area (Å²) in [5, 5.41) is 3.18. The lowest BCUT2D eigenvalue weighted by atomic mass is 10.1. The van der Waals surface area contributed by atoms with Crippen LogP contribution in [0.1, 0.15) is 51.3 Å². The molecule has 3 nitrogen and oxygen atoms in total. The van der Waals surface area contributed by atoms with Gasteiger partial charge in [-0.2, -0.15) is 0 Å². The van der Waals surface area contributed by atoms with Crippen molar-refractivity contribution in [1.29, 1.82) is 0 Å². The van der Waals surface area contributed by atoms with Crippen LogP contribution in [0.4, 0.5) is 4.39 Å². The lowest BCUT2D eigenvalue weighted by molar-refractivity contribution is -0.130. The Balaban J connectivity index is 2.10. The summed E-state index contributed by atoms with van der Waals surface area (Å²) < 4.78 is 13.4. The minimum absolute atomic E-state index is 0.100. The summed E-state index contributed by atoms with van der Waals surface area (Å²) in [7, 11) is 0. The van der Waals surface area contributed by atoms with Crippen LogP contribution in [0.3, 0.4) is 0 Å². The number of hydrogen-bond donors (Lipinski definition) is 1. The van der Waals surface area contributed by atoms with Crippen LogP contribution in [0.15, 0.2) is 24.3 Å². The molecular formula is C16H23FN2O. The van der Waals surface area contributed by atoms with Gasteiger partial charge in [-0.05, 0) is 31.0 Å². The van der Waals surface area contributed by atoms with Crippen molar-refractivity contribution < 1.29 is 9.18 Å². The normalized spacial score (nSPS) is 20.4. The van der Waals surface area contributed by atoms with Crippen LogP contribution in [0, 0.1) is 5.82 Å². The monoisotopic (exact) mass is 278 g/mol. The quantitative estimate of drug-likeness (QED) is 0.810. The average molecular weight is 278 g/mol. The topological polar surface area (TPSA) is 32.3 Å². The zero-order chi connectivity index (χ0) is 14.5. The molecule has 0 aliphatic carbocycles. The maximum absolute atomic E-state index is 13.4. The molecule has 1 amide bonds.